The van der Waals surface area contributed by atoms with E-state index in [1.807, 2.05) is 30.3 Å². The number of carbonyl (C=O) groups is 1. The average molecular weight is 498 g/mol. The molecular weight excluding hydrogens is 474 g/mol. The van der Waals surface area contributed by atoms with Gasteiger partial charge in [0.25, 0.3) is 5.91 Å². The van der Waals surface area contributed by atoms with Crippen LogP contribution in [0.3, 0.4) is 0 Å². The Morgan fingerprint density at radius 3 is 2.54 bits per heavy atom. The third-order valence-electron chi connectivity index (χ3n) is 7.48. The van der Waals surface area contributed by atoms with Gasteiger partial charge in [0.05, 0.1) is 15.9 Å². The number of fused-ring (bicyclic) bond motifs is 5. The van der Waals surface area contributed by atoms with E-state index in [-0.39, 0.29) is 28.8 Å². The largest absolute Gasteiger partial charge is 0.455 e. The zero-order chi connectivity index (χ0) is 25.8. The van der Waals surface area contributed by atoms with Crippen molar-refractivity contribution in [1.29, 1.82) is 0 Å². The lowest BCUT2D eigenvalue weighted by Gasteiger charge is -2.42. The number of carbonyl (C=O) groups excluding carboxylic acids is 1. The highest BCUT2D eigenvalue weighted by atomic mass is 16.6. The quantitative estimate of drug-likeness (QED) is 0.311. The summed E-state index contributed by atoms with van der Waals surface area (Å²) in [6.07, 6.45) is 0.795. The van der Waals surface area contributed by atoms with E-state index in [9.17, 15) is 24.5 Å². The summed E-state index contributed by atoms with van der Waals surface area (Å²) in [5.74, 6) is 0.0564. The Labute approximate surface area is 210 Å². The summed E-state index contributed by atoms with van der Waals surface area (Å²) in [7, 11) is 0. The van der Waals surface area contributed by atoms with Crippen LogP contribution >= 0.6 is 0 Å². The van der Waals surface area contributed by atoms with Gasteiger partial charge in [-0.3, -0.25) is 24.5 Å². The van der Waals surface area contributed by atoms with Crippen LogP contribution in [0, 0.1) is 23.0 Å². The molecule has 9 nitrogen and oxygen atoms in total. The van der Waals surface area contributed by atoms with E-state index in [2.05, 4.69) is 0 Å². The van der Waals surface area contributed by atoms with Crippen LogP contribution in [0.1, 0.15) is 34.0 Å². The van der Waals surface area contributed by atoms with Gasteiger partial charge in [0.15, 0.2) is 11.0 Å². The first-order valence-electron chi connectivity index (χ1n) is 12.1. The van der Waals surface area contributed by atoms with Gasteiger partial charge in [0, 0.05) is 48.4 Å². The minimum atomic E-state index is -0.657. The Bertz CT molecular complexity index is 1710. The number of nitrogens with zero attached hydrogens (tertiary/aromatic N) is 3. The number of aromatic nitrogens is 1. The predicted molar refractivity (Wildman–Crippen MR) is 137 cm³/mol. The molecule has 1 fully saturated rings. The van der Waals surface area contributed by atoms with Crippen LogP contribution in [0.2, 0.25) is 0 Å². The first-order chi connectivity index (χ1) is 17.8. The van der Waals surface area contributed by atoms with Gasteiger partial charge in [-0.05, 0) is 37.5 Å². The number of piperidine rings is 1. The molecule has 2 atom stereocenters. The molecule has 9 heteroatoms. The molecular formula is C28H23N3O6. The number of hydrogen-bond acceptors (Lipinski definition) is 6. The fraction of sp³-hybridized carbons (Fsp3) is 0.250. The highest BCUT2D eigenvalue weighted by Crippen LogP contribution is 2.37. The standard InChI is InChI=1S/C28H23N3O6/c1-16-24(32)20-8-5-9-21(26(20)37-25(16)18-6-3-2-4-7-18)27(33)29-13-17-12-19(15-29)22-10-11-23(31(35)36)28(34)30(22)14-17/h2-11,17,19H,12-15H2,1H3/t17-,19-/m0/s1. The number of nitro groups is 1. The lowest BCUT2D eigenvalue weighted by atomic mass is 9.83. The maximum Gasteiger partial charge on any atom is 0.334 e. The van der Waals surface area contributed by atoms with Gasteiger partial charge in [-0.25, -0.2) is 0 Å². The molecule has 0 N–H and O–H groups in total. The maximum atomic E-state index is 13.8. The van der Waals surface area contributed by atoms with Crippen molar-refractivity contribution < 1.29 is 14.1 Å². The van der Waals surface area contributed by atoms with E-state index < -0.39 is 16.2 Å². The van der Waals surface area contributed by atoms with Crippen molar-refractivity contribution in [3.8, 4) is 11.3 Å². The molecule has 2 aromatic heterocycles. The van der Waals surface area contributed by atoms with Crippen LogP contribution in [-0.4, -0.2) is 33.4 Å². The van der Waals surface area contributed by atoms with E-state index in [1.54, 1.807) is 36.1 Å². The van der Waals surface area contributed by atoms with E-state index >= 15 is 0 Å². The molecule has 2 aromatic carbocycles. The summed E-state index contributed by atoms with van der Waals surface area (Å²) in [5.41, 5.74) is 1.29. The molecule has 0 aliphatic carbocycles. The summed E-state index contributed by atoms with van der Waals surface area (Å²) in [4.78, 5) is 52.0. The number of hydrogen-bond donors (Lipinski definition) is 0. The van der Waals surface area contributed by atoms with E-state index in [0.29, 0.717) is 47.6 Å². The lowest BCUT2D eigenvalue weighted by molar-refractivity contribution is -0.386. The molecule has 2 bridgehead atoms. The third kappa shape index (κ3) is 3.66. The van der Waals surface area contributed by atoms with Crippen LogP contribution in [0.5, 0.6) is 0 Å². The summed E-state index contributed by atoms with van der Waals surface area (Å²) < 4.78 is 7.74. The van der Waals surface area contributed by atoms with Crippen LogP contribution in [-0.2, 0) is 6.54 Å². The zero-order valence-corrected chi connectivity index (χ0v) is 20.0. The normalized spacial score (nSPS) is 18.5. The second kappa shape index (κ2) is 8.55. The molecule has 2 aliphatic heterocycles. The zero-order valence-electron chi connectivity index (χ0n) is 20.0. The molecule has 2 aliphatic rings. The number of amides is 1. The van der Waals surface area contributed by atoms with E-state index in [0.717, 1.165) is 12.0 Å². The molecule has 0 saturated carbocycles. The van der Waals surface area contributed by atoms with Gasteiger partial charge >= 0.3 is 11.2 Å². The van der Waals surface area contributed by atoms with E-state index in [1.165, 1.54) is 10.6 Å². The fourth-order valence-electron chi connectivity index (χ4n) is 5.75. The molecule has 0 radical (unpaired) electrons. The minimum absolute atomic E-state index is 0.0148. The topological polar surface area (TPSA) is 116 Å². The Balaban J connectivity index is 1.40. The summed E-state index contributed by atoms with van der Waals surface area (Å²) in [6, 6.07) is 17.2. The first kappa shape index (κ1) is 22.9. The SMILES string of the molecule is Cc1c(-c2ccccc2)oc2c(C(=O)N3C[C@@H]4C[C@@H](C3)c3ccc([N+](=O)[O-])c(=O)n3C4)cccc2c1=O. The van der Waals surface area contributed by atoms with Crippen molar-refractivity contribution in [1.82, 2.24) is 9.47 Å². The Morgan fingerprint density at radius 2 is 1.78 bits per heavy atom. The monoisotopic (exact) mass is 497 g/mol. The minimum Gasteiger partial charge on any atom is -0.455 e. The van der Waals surface area contributed by atoms with Gasteiger partial charge in [-0.15, -0.1) is 0 Å². The molecule has 1 saturated heterocycles. The van der Waals surface area contributed by atoms with Crippen LogP contribution < -0.4 is 11.0 Å². The number of para-hydroxylation sites is 1. The van der Waals surface area contributed by atoms with Gasteiger partial charge in [-0.2, -0.15) is 0 Å². The predicted octanol–water partition coefficient (Wildman–Crippen LogP) is 4.10. The van der Waals surface area contributed by atoms with Crippen molar-refractivity contribution >= 4 is 22.6 Å². The van der Waals surface area contributed by atoms with Gasteiger partial charge in [0.2, 0.25) is 0 Å². The van der Waals surface area contributed by atoms with E-state index in [4.69, 9.17) is 4.42 Å². The number of benzene rings is 2. The second-order valence-corrected chi connectivity index (χ2v) is 9.76. The highest BCUT2D eigenvalue weighted by Gasteiger charge is 2.38. The fourth-order valence-corrected chi connectivity index (χ4v) is 5.75. The first-order valence-corrected chi connectivity index (χ1v) is 12.1. The third-order valence-corrected chi connectivity index (χ3v) is 7.48. The summed E-state index contributed by atoms with van der Waals surface area (Å²) in [6.45, 7) is 2.81. The highest BCUT2D eigenvalue weighted by molar-refractivity contribution is 6.05. The molecule has 6 rings (SSSR count). The maximum absolute atomic E-state index is 13.8. The molecule has 1 amide bonds. The summed E-state index contributed by atoms with van der Waals surface area (Å²) in [5, 5.41) is 11.6. The van der Waals surface area contributed by atoms with Crippen molar-refractivity contribution in [3.63, 3.8) is 0 Å². The van der Waals surface area contributed by atoms with Crippen molar-refractivity contribution in [2.75, 3.05) is 13.1 Å². The molecule has 186 valence electrons. The van der Waals surface area contributed by atoms with Crippen LogP contribution in [0.15, 0.2) is 74.7 Å². The van der Waals surface area contributed by atoms with Crippen molar-refractivity contribution in [2.45, 2.75) is 25.8 Å². The molecule has 4 heterocycles. The number of pyridine rings is 1. The van der Waals surface area contributed by atoms with Gasteiger partial charge < -0.3 is 13.9 Å². The van der Waals surface area contributed by atoms with Crippen LogP contribution in [0.25, 0.3) is 22.3 Å². The summed E-state index contributed by atoms with van der Waals surface area (Å²) >= 11 is 0. The number of likely N-dealkylation sites (tertiary alicyclic amines) is 1. The smallest absolute Gasteiger partial charge is 0.334 e. The van der Waals surface area contributed by atoms with Crippen molar-refractivity contribution in [2.24, 2.45) is 5.92 Å². The molecule has 4 aromatic rings. The average Bonchev–Trinajstić information content (AvgIpc) is 2.90. The number of rotatable bonds is 3. The molecule has 37 heavy (non-hydrogen) atoms. The Hall–Kier alpha value is -4.53. The molecule has 0 unspecified atom stereocenters. The molecule has 0 spiro atoms. The Kier molecular flexibility index (Phi) is 5.29. The van der Waals surface area contributed by atoms with Crippen LogP contribution in [0.4, 0.5) is 5.69 Å². The lowest BCUT2D eigenvalue weighted by Crippen LogP contribution is -2.49. The van der Waals surface area contributed by atoms with Gasteiger partial charge in [0.1, 0.15) is 5.76 Å². The van der Waals surface area contributed by atoms with Gasteiger partial charge in [-0.1, -0.05) is 36.4 Å². The van der Waals surface area contributed by atoms with Crippen molar-refractivity contribution in [3.05, 3.63) is 108 Å². The second-order valence-electron chi connectivity index (χ2n) is 9.76. The Morgan fingerprint density at radius 1 is 1.00 bits per heavy atom.